The fraction of sp³-hybridized carbons (Fsp3) is 0.400. The molecular formula is C25H30N6O3S. The topological polar surface area (TPSA) is 104 Å². The second-order valence-corrected chi connectivity index (χ2v) is 11.1. The third-order valence-electron chi connectivity index (χ3n) is 6.46. The highest BCUT2D eigenvalue weighted by Gasteiger charge is 2.28. The van der Waals surface area contributed by atoms with Crippen LogP contribution in [0.4, 0.5) is 5.82 Å². The molecule has 0 aliphatic heterocycles. The largest absolute Gasteiger partial charge is 0.489 e. The van der Waals surface area contributed by atoms with E-state index in [0.717, 1.165) is 60.2 Å². The van der Waals surface area contributed by atoms with Gasteiger partial charge in [0.1, 0.15) is 22.2 Å². The Balaban J connectivity index is 1.40. The predicted octanol–water partition coefficient (Wildman–Crippen LogP) is 4.23. The average molecular weight is 495 g/mol. The van der Waals surface area contributed by atoms with Gasteiger partial charge < -0.3 is 10.1 Å². The quantitative estimate of drug-likeness (QED) is 0.410. The third-order valence-corrected chi connectivity index (χ3v) is 7.60. The van der Waals surface area contributed by atoms with Crippen LogP contribution in [0.25, 0.3) is 22.2 Å². The molecule has 0 saturated heterocycles. The van der Waals surface area contributed by atoms with E-state index in [-0.39, 0.29) is 17.0 Å². The van der Waals surface area contributed by atoms with Crippen molar-refractivity contribution >= 4 is 26.6 Å². The molecule has 1 aliphatic carbocycles. The second-order valence-electron chi connectivity index (χ2n) is 9.08. The van der Waals surface area contributed by atoms with E-state index in [1.54, 1.807) is 28.9 Å². The number of nitrogens with zero attached hydrogens (tertiary/aromatic N) is 5. The van der Waals surface area contributed by atoms with E-state index in [2.05, 4.69) is 26.1 Å². The lowest BCUT2D eigenvalue weighted by molar-refractivity contribution is 0.127. The minimum absolute atomic E-state index is 0.0345. The molecule has 0 radical (unpaired) electrons. The van der Waals surface area contributed by atoms with Crippen LogP contribution < -0.4 is 10.1 Å². The molecule has 1 saturated carbocycles. The first-order valence-electron chi connectivity index (χ1n) is 11.9. The molecule has 0 spiro atoms. The third kappa shape index (κ3) is 4.75. The Morgan fingerprint density at radius 2 is 1.91 bits per heavy atom. The zero-order valence-electron chi connectivity index (χ0n) is 20.2. The minimum Gasteiger partial charge on any atom is -0.489 e. The maximum Gasteiger partial charge on any atom is 0.179 e. The summed E-state index contributed by atoms with van der Waals surface area (Å²) in [6, 6.07) is 9.14. The molecule has 0 unspecified atom stereocenters. The number of sulfone groups is 1. The normalized spacial score (nSPS) is 18.6. The van der Waals surface area contributed by atoms with E-state index in [0.29, 0.717) is 5.75 Å². The van der Waals surface area contributed by atoms with Crippen molar-refractivity contribution in [1.29, 1.82) is 0 Å². The first kappa shape index (κ1) is 23.3. The lowest BCUT2D eigenvalue weighted by Gasteiger charge is -2.30. The van der Waals surface area contributed by atoms with Crippen LogP contribution in [0.1, 0.15) is 38.6 Å². The summed E-state index contributed by atoms with van der Waals surface area (Å²) in [5.74, 6) is 1.26. The smallest absolute Gasteiger partial charge is 0.179 e. The van der Waals surface area contributed by atoms with Gasteiger partial charge >= 0.3 is 0 Å². The molecule has 184 valence electrons. The fourth-order valence-electron chi connectivity index (χ4n) is 4.79. The van der Waals surface area contributed by atoms with E-state index >= 15 is 0 Å². The highest BCUT2D eigenvalue weighted by Crippen LogP contribution is 2.37. The zero-order chi connectivity index (χ0) is 24.6. The molecule has 1 aliphatic rings. The molecule has 10 heteroatoms. The Morgan fingerprint density at radius 1 is 1.14 bits per heavy atom. The number of rotatable bonds is 7. The zero-order valence-corrected chi connectivity index (χ0v) is 21.0. The molecule has 0 bridgehead atoms. The molecule has 5 rings (SSSR count). The van der Waals surface area contributed by atoms with Crippen LogP contribution in [0.15, 0.2) is 53.8 Å². The molecule has 3 aromatic heterocycles. The molecule has 4 aromatic rings. The van der Waals surface area contributed by atoms with Crippen LogP contribution in [-0.2, 0) is 16.9 Å². The van der Waals surface area contributed by atoms with Gasteiger partial charge in [-0.1, -0.05) is 12.1 Å². The maximum absolute atomic E-state index is 12.1. The number of nitrogens with one attached hydrogen (secondary N) is 1. The van der Waals surface area contributed by atoms with Crippen molar-refractivity contribution < 1.29 is 13.2 Å². The van der Waals surface area contributed by atoms with Crippen LogP contribution in [0.3, 0.4) is 0 Å². The second kappa shape index (κ2) is 9.33. The maximum atomic E-state index is 12.1. The van der Waals surface area contributed by atoms with E-state index in [9.17, 15) is 8.42 Å². The number of anilines is 1. The van der Waals surface area contributed by atoms with Gasteiger partial charge in [0.2, 0.25) is 0 Å². The summed E-state index contributed by atoms with van der Waals surface area (Å²) in [6.07, 6.45) is 10.3. The number of hydrogen-bond acceptors (Lipinski definition) is 7. The average Bonchev–Trinajstić information content (AvgIpc) is 3.43. The van der Waals surface area contributed by atoms with Crippen LogP contribution in [0.5, 0.6) is 5.75 Å². The Kier molecular flexibility index (Phi) is 6.22. The summed E-state index contributed by atoms with van der Waals surface area (Å²) in [5, 5.41) is 13.6. The van der Waals surface area contributed by atoms with Crippen molar-refractivity contribution in [2.75, 3.05) is 18.1 Å². The van der Waals surface area contributed by atoms with Crippen molar-refractivity contribution in [1.82, 2.24) is 24.5 Å². The van der Waals surface area contributed by atoms with Gasteiger partial charge in [-0.25, -0.2) is 13.4 Å². The highest BCUT2D eigenvalue weighted by molar-refractivity contribution is 7.90. The number of benzene rings is 1. The molecule has 1 aromatic carbocycles. The molecule has 3 heterocycles. The Bertz CT molecular complexity index is 1450. The van der Waals surface area contributed by atoms with E-state index in [4.69, 9.17) is 9.84 Å². The SMILES string of the molecule is CCNc1cc2c(cn1)c(-c1cnn(C)c1)nn2C1CCC(Oc2ccccc2S(C)(=O)=O)CC1. The first-order valence-corrected chi connectivity index (χ1v) is 13.8. The standard InChI is InChI=1S/C25H30N6O3S/c1-4-26-24-13-21-20(15-27-24)25(17-14-28-30(2)16-17)29-31(21)18-9-11-19(12-10-18)34-22-7-5-6-8-23(22)35(3,32)33/h5-8,13-16,18-19H,4,9-12H2,1-3H3,(H,26,27). The highest BCUT2D eigenvalue weighted by atomic mass is 32.2. The number of para-hydroxylation sites is 1. The predicted molar refractivity (Wildman–Crippen MR) is 135 cm³/mol. The van der Waals surface area contributed by atoms with Gasteiger partial charge in [0.05, 0.1) is 23.9 Å². The molecule has 35 heavy (non-hydrogen) atoms. The van der Waals surface area contributed by atoms with E-state index in [1.165, 1.54) is 6.26 Å². The summed E-state index contributed by atoms with van der Waals surface area (Å²) < 4.78 is 34.4. The van der Waals surface area contributed by atoms with Gasteiger partial charge in [0.15, 0.2) is 9.84 Å². The van der Waals surface area contributed by atoms with Gasteiger partial charge in [0.25, 0.3) is 0 Å². The monoisotopic (exact) mass is 494 g/mol. The molecule has 9 nitrogen and oxygen atoms in total. The lowest BCUT2D eigenvalue weighted by atomic mass is 9.93. The van der Waals surface area contributed by atoms with Gasteiger partial charge in [-0.2, -0.15) is 10.2 Å². The summed E-state index contributed by atoms with van der Waals surface area (Å²) in [6.45, 7) is 2.84. The Labute approximate surface area is 205 Å². The fourth-order valence-corrected chi connectivity index (χ4v) is 5.59. The van der Waals surface area contributed by atoms with Crippen molar-refractivity contribution in [3.8, 4) is 17.0 Å². The number of ether oxygens (including phenoxy) is 1. The summed E-state index contributed by atoms with van der Waals surface area (Å²) in [4.78, 5) is 4.81. The van der Waals surface area contributed by atoms with Gasteiger partial charge in [-0.15, -0.1) is 0 Å². The molecule has 1 fully saturated rings. The summed E-state index contributed by atoms with van der Waals surface area (Å²) in [7, 11) is -1.45. The summed E-state index contributed by atoms with van der Waals surface area (Å²) >= 11 is 0. The molecule has 1 N–H and O–H groups in total. The van der Waals surface area contributed by atoms with E-state index < -0.39 is 9.84 Å². The number of aromatic nitrogens is 5. The number of aryl methyl sites for hydroxylation is 1. The van der Waals surface area contributed by atoms with Crippen LogP contribution in [0.2, 0.25) is 0 Å². The minimum atomic E-state index is -3.35. The van der Waals surface area contributed by atoms with Crippen molar-refractivity contribution in [2.45, 2.75) is 49.6 Å². The number of fused-ring (bicyclic) bond motifs is 1. The Hall–Kier alpha value is -3.40. The molecule has 0 amide bonds. The van der Waals surface area contributed by atoms with Crippen LogP contribution in [-0.4, -0.2) is 51.9 Å². The molecule has 0 atom stereocenters. The lowest BCUT2D eigenvalue weighted by Crippen LogP contribution is -2.26. The van der Waals surface area contributed by atoms with Gasteiger partial charge in [-0.3, -0.25) is 9.36 Å². The summed E-state index contributed by atoms with van der Waals surface area (Å²) in [5.41, 5.74) is 2.88. The van der Waals surface area contributed by atoms with Crippen molar-refractivity contribution in [3.63, 3.8) is 0 Å². The van der Waals surface area contributed by atoms with Crippen LogP contribution >= 0.6 is 0 Å². The van der Waals surface area contributed by atoms with Crippen molar-refractivity contribution in [2.24, 2.45) is 7.05 Å². The number of pyridine rings is 1. The van der Waals surface area contributed by atoms with E-state index in [1.807, 2.05) is 32.6 Å². The Morgan fingerprint density at radius 3 is 2.60 bits per heavy atom. The van der Waals surface area contributed by atoms with Crippen molar-refractivity contribution in [3.05, 3.63) is 48.9 Å². The number of hydrogen-bond donors (Lipinski definition) is 1. The van der Waals surface area contributed by atoms with Gasteiger partial charge in [-0.05, 0) is 44.7 Å². The van der Waals surface area contributed by atoms with Gasteiger partial charge in [0, 0.05) is 49.3 Å². The first-order chi connectivity index (χ1) is 16.8. The molecular weight excluding hydrogens is 464 g/mol. The van der Waals surface area contributed by atoms with Crippen LogP contribution in [0, 0.1) is 0 Å².